The second kappa shape index (κ2) is 6.26. The number of hydrogen-bond donors (Lipinski definition) is 1. The average molecular weight is 273 g/mol. The summed E-state index contributed by atoms with van der Waals surface area (Å²) in [6.45, 7) is 3.93. The second-order valence-electron chi connectivity index (χ2n) is 5.34. The summed E-state index contributed by atoms with van der Waals surface area (Å²) in [5, 5.41) is 9.02. The molecule has 2 aliphatic rings. The van der Waals surface area contributed by atoms with E-state index in [1.807, 2.05) is 11.8 Å². The molecular formula is C13H23NO3S. The van der Waals surface area contributed by atoms with E-state index < -0.39 is 5.97 Å². The fraction of sp³-hybridized carbons (Fsp3) is 0.923. The third kappa shape index (κ3) is 3.39. The second-order valence-corrected chi connectivity index (χ2v) is 6.45. The first-order chi connectivity index (χ1) is 8.65. The number of thioether (sulfide) groups is 1. The number of carboxylic acids is 1. The minimum atomic E-state index is -0.718. The highest BCUT2D eigenvalue weighted by atomic mass is 32.2. The molecular weight excluding hydrogens is 250 g/mol. The molecule has 0 aromatic rings. The van der Waals surface area contributed by atoms with Crippen LogP contribution in [0.1, 0.15) is 32.6 Å². The molecule has 2 heterocycles. The van der Waals surface area contributed by atoms with Crippen LogP contribution >= 0.6 is 11.8 Å². The lowest BCUT2D eigenvalue weighted by Crippen LogP contribution is -2.50. The number of aliphatic carboxylic acids is 1. The van der Waals surface area contributed by atoms with Crippen molar-refractivity contribution in [2.45, 2.75) is 44.2 Å². The van der Waals surface area contributed by atoms with Crippen LogP contribution in [0.2, 0.25) is 0 Å². The summed E-state index contributed by atoms with van der Waals surface area (Å²) in [5.74, 6) is 1.54. The van der Waals surface area contributed by atoms with E-state index in [1.165, 1.54) is 5.75 Å². The summed E-state index contributed by atoms with van der Waals surface area (Å²) >= 11 is 1.96. The van der Waals surface area contributed by atoms with E-state index in [9.17, 15) is 4.79 Å². The molecule has 0 aliphatic carbocycles. The van der Waals surface area contributed by atoms with Crippen molar-refractivity contribution in [2.75, 3.05) is 31.2 Å². The van der Waals surface area contributed by atoms with Gasteiger partial charge in [-0.05, 0) is 38.0 Å². The number of rotatable bonds is 5. The third-order valence-corrected chi connectivity index (χ3v) is 5.12. The normalized spacial score (nSPS) is 32.2. The van der Waals surface area contributed by atoms with Crippen molar-refractivity contribution in [3.63, 3.8) is 0 Å². The van der Waals surface area contributed by atoms with Crippen LogP contribution in [-0.4, -0.2) is 58.8 Å². The fourth-order valence-corrected chi connectivity index (χ4v) is 4.41. The van der Waals surface area contributed by atoms with Crippen molar-refractivity contribution in [1.29, 1.82) is 0 Å². The Bertz CT molecular complexity index is 292. The zero-order valence-electron chi connectivity index (χ0n) is 11.1. The van der Waals surface area contributed by atoms with Crippen LogP contribution in [0.5, 0.6) is 0 Å². The molecule has 104 valence electrons. The molecule has 0 aromatic carbocycles. The van der Waals surface area contributed by atoms with Crippen LogP contribution in [0, 0.1) is 0 Å². The first kappa shape index (κ1) is 14.2. The number of hydrogen-bond acceptors (Lipinski definition) is 4. The molecule has 0 bridgehead atoms. The van der Waals surface area contributed by atoms with E-state index in [-0.39, 0.29) is 12.1 Å². The van der Waals surface area contributed by atoms with Gasteiger partial charge in [-0.3, -0.25) is 9.69 Å². The van der Waals surface area contributed by atoms with Gasteiger partial charge in [-0.15, -0.1) is 0 Å². The predicted molar refractivity (Wildman–Crippen MR) is 73.1 cm³/mol. The number of carbonyl (C=O) groups is 1. The Morgan fingerprint density at radius 2 is 2.44 bits per heavy atom. The van der Waals surface area contributed by atoms with E-state index in [2.05, 4.69) is 11.8 Å². The molecule has 2 rings (SSSR count). The number of carboxylic acid groups (broad SMARTS) is 1. The van der Waals surface area contributed by atoms with Gasteiger partial charge in [0, 0.05) is 18.4 Å². The Hall–Kier alpha value is -0.260. The largest absolute Gasteiger partial charge is 0.480 e. The summed E-state index contributed by atoms with van der Waals surface area (Å²) < 4.78 is 6.00. The van der Waals surface area contributed by atoms with Crippen LogP contribution in [-0.2, 0) is 9.53 Å². The Labute approximate surface area is 113 Å². The van der Waals surface area contributed by atoms with Crippen LogP contribution in [0.25, 0.3) is 0 Å². The quantitative estimate of drug-likeness (QED) is 0.828. The summed E-state index contributed by atoms with van der Waals surface area (Å²) in [6.07, 6.45) is 4.11. The SMILES string of the molecule is CCCN(CC(=O)O)C1CCOC2(CCSC2)C1. The zero-order valence-corrected chi connectivity index (χ0v) is 11.9. The molecule has 2 aliphatic heterocycles. The minimum Gasteiger partial charge on any atom is -0.480 e. The minimum absolute atomic E-state index is 0.0398. The lowest BCUT2D eigenvalue weighted by molar-refractivity contribution is -0.141. The summed E-state index contributed by atoms with van der Waals surface area (Å²) in [5.41, 5.74) is 0.0398. The topological polar surface area (TPSA) is 49.8 Å². The van der Waals surface area contributed by atoms with Crippen molar-refractivity contribution < 1.29 is 14.6 Å². The number of ether oxygens (including phenoxy) is 1. The maximum atomic E-state index is 11.0. The van der Waals surface area contributed by atoms with Crippen LogP contribution in [0.4, 0.5) is 0 Å². The highest BCUT2D eigenvalue weighted by Crippen LogP contribution is 2.39. The molecule has 18 heavy (non-hydrogen) atoms. The van der Waals surface area contributed by atoms with E-state index in [0.717, 1.165) is 44.6 Å². The van der Waals surface area contributed by atoms with Gasteiger partial charge in [0.15, 0.2) is 0 Å². The van der Waals surface area contributed by atoms with Gasteiger partial charge >= 0.3 is 5.97 Å². The van der Waals surface area contributed by atoms with Crippen LogP contribution in [0.3, 0.4) is 0 Å². The molecule has 2 unspecified atom stereocenters. The molecule has 1 N–H and O–H groups in total. The van der Waals surface area contributed by atoms with Crippen molar-refractivity contribution in [3.05, 3.63) is 0 Å². The van der Waals surface area contributed by atoms with E-state index >= 15 is 0 Å². The van der Waals surface area contributed by atoms with E-state index in [0.29, 0.717) is 6.04 Å². The molecule has 4 nitrogen and oxygen atoms in total. The van der Waals surface area contributed by atoms with Crippen molar-refractivity contribution in [2.24, 2.45) is 0 Å². The zero-order chi connectivity index (χ0) is 13.0. The van der Waals surface area contributed by atoms with Gasteiger partial charge in [-0.25, -0.2) is 0 Å². The van der Waals surface area contributed by atoms with Crippen molar-refractivity contribution >= 4 is 17.7 Å². The van der Waals surface area contributed by atoms with Crippen molar-refractivity contribution in [1.82, 2.24) is 4.90 Å². The van der Waals surface area contributed by atoms with Gasteiger partial charge in [0.1, 0.15) is 0 Å². The summed E-state index contributed by atoms with van der Waals surface area (Å²) in [4.78, 5) is 13.1. The monoisotopic (exact) mass is 273 g/mol. The molecule has 2 atom stereocenters. The Morgan fingerprint density at radius 1 is 1.61 bits per heavy atom. The maximum Gasteiger partial charge on any atom is 0.317 e. The Kier molecular flexibility index (Phi) is 4.92. The summed E-state index contributed by atoms with van der Waals surface area (Å²) in [6, 6.07) is 0.383. The van der Waals surface area contributed by atoms with E-state index in [1.54, 1.807) is 0 Å². The maximum absolute atomic E-state index is 11.0. The molecule has 1 spiro atoms. The third-order valence-electron chi connectivity index (χ3n) is 3.90. The molecule has 2 fully saturated rings. The summed E-state index contributed by atoms with van der Waals surface area (Å²) in [7, 11) is 0. The molecule has 0 aromatic heterocycles. The van der Waals surface area contributed by atoms with Gasteiger partial charge in [-0.2, -0.15) is 11.8 Å². The van der Waals surface area contributed by atoms with Crippen molar-refractivity contribution in [3.8, 4) is 0 Å². The molecule has 0 amide bonds. The van der Waals surface area contributed by atoms with Gasteiger partial charge in [0.05, 0.1) is 12.1 Å². The molecule has 0 saturated carbocycles. The predicted octanol–water partition coefficient (Wildman–Crippen LogP) is 1.84. The first-order valence-electron chi connectivity index (χ1n) is 6.83. The molecule has 2 saturated heterocycles. The van der Waals surface area contributed by atoms with Gasteiger partial charge in [0.2, 0.25) is 0 Å². The van der Waals surface area contributed by atoms with Crippen LogP contribution < -0.4 is 0 Å². The Balaban J connectivity index is 1.98. The fourth-order valence-electron chi connectivity index (χ4n) is 3.03. The molecule has 5 heteroatoms. The highest BCUT2D eigenvalue weighted by Gasteiger charge is 2.42. The van der Waals surface area contributed by atoms with Gasteiger partial charge in [0.25, 0.3) is 0 Å². The van der Waals surface area contributed by atoms with Gasteiger partial charge < -0.3 is 9.84 Å². The van der Waals surface area contributed by atoms with Gasteiger partial charge in [-0.1, -0.05) is 6.92 Å². The van der Waals surface area contributed by atoms with E-state index in [4.69, 9.17) is 9.84 Å². The lowest BCUT2D eigenvalue weighted by atomic mass is 9.89. The number of nitrogens with zero attached hydrogens (tertiary/aromatic N) is 1. The molecule has 0 radical (unpaired) electrons. The Morgan fingerprint density at radius 3 is 3.06 bits per heavy atom. The smallest absolute Gasteiger partial charge is 0.317 e. The standard InChI is InChI=1S/C13H23NO3S/c1-2-5-14(9-12(15)16)11-3-6-17-13(8-11)4-7-18-10-13/h11H,2-10H2,1H3,(H,15,16). The average Bonchev–Trinajstić information content (AvgIpc) is 2.76. The highest BCUT2D eigenvalue weighted by molar-refractivity contribution is 7.99. The van der Waals surface area contributed by atoms with Crippen LogP contribution in [0.15, 0.2) is 0 Å². The lowest BCUT2D eigenvalue weighted by Gasteiger charge is -2.42. The first-order valence-corrected chi connectivity index (χ1v) is 7.98.